The zero-order valence-corrected chi connectivity index (χ0v) is 22.2. The van der Waals surface area contributed by atoms with Crippen LogP contribution in [0.5, 0.6) is 11.5 Å². The summed E-state index contributed by atoms with van der Waals surface area (Å²) in [6.45, 7) is 0. The van der Waals surface area contributed by atoms with E-state index in [2.05, 4.69) is 130 Å². The largest absolute Gasteiger partial charge is 0.455 e. The fourth-order valence-electron chi connectivity index (χ4n) is 6.23. The van der Waals surface area contributed by atoms with Crippen molar-refractivity contribution in [1.29, 1.82) is 0 Å². The van der Waals surface area contributed by atoms with Gasteiger partial charge in [-0.2, -0.15) is 0 Å². The van der Waals surface area contributed by atoms with Gasteiger partial charge in [-0.25, -0.2) is 0 Å². The van der Waals surface area contributed by atoms with Crippen molar-refractivity contribution in [3.63, 3.8) is 0 Å². The van der Waals surface area contributed by atoms with Crippen LogP contribution in [0.3, 0.4) is 0 Å². The average molecular weight is 531 g/mol. The van der Waals surface area contributed by atoms with Gasteiger partial charge in [0.1, 0.15) is 11.5 Å². The molecule has 1 aliphatic heterocycles. The summed E-state index contributed by atoms with van der Waals surface area (Å²) in [5, 5.41) is 5.01. The van der Waals surface area contributed by atoms with E-state index in [1.807, 2.05) is 12.1 Å². The molecule has 9 rings (SSSR count). The molecule has 0 aliphatic carbocycles. The van der Waals surface area contributed by atoms with Crippen molar-refractivity contribution >= 4 is 55.4 Å². The van der Waals surface area contributed by atoms with Crippen LogP contribution in [0.15, 0.2) is 143 Å². The van der Waals surface area contributed by atoms with Gasteiger partial charge in [-0.1, -0.05) is 78.5 Å². The highest BCUT2D eigenvalue weighted by Crippen LogP contribution is 2.48. The van der Waals surface area contributed by atoms with Gasteiger partial charge in [0.05, 0.1) is 31.9 Å². The first-order valence-electron chi connectivity index (χ1n) is 13.4. The van der Waals surface area contributed by atoms with Crippen molar-refractivity contribution in [2.45, 2.75) is 9.79 Å². The Bertz CT molecular complexity index is 2240. The van der Waals surface area contributed by atoms with E-state index in [0.29, 0.717) is 0 Å². The summed E-state index contributed by atoms with van der Waals surface area (Å²) in [4.78, 5) is 2.29. The Morgan fingerprint density at radius 1 is 0.400 bits per heavy atom. The molecule has 188 valence electrons. The quantitative estimate of drug-likeness (QED) is 0.221. The second-order valence-corrected chi connectivity index (χ2v) is 11.3. The van der Waals surface area contributed by atoms with Gasteiger partial charge in [0, 0.05) is 39.0 Å². The molecule has 0 radical (unpaired) electrons. The molecule has 1 aliphatic rings. The third kappa shape index (κ3) is 3.08. The SMILES string of the molecule is c1ccc2c(c1)Oc1cc(-n3c4ccccc4c4cc(-n5c6ccccc6c6ccccc65)ccc43)ccc1S2. The number of aromatic nitrogens is 2. The maximum Gasteiger partial charge on any atom is 0.143 e. The van der Waals surface area contributed by atoms with Crippen molar-refractivity contribution in [3.8, 4) is 22.9 Å². The van der Waals surface area contributed by atoms with Gasteiger partial charge >= 0.3 is 0 Å². The summed E-state index contributed by atoms with van der Waals surface area (Å²) < 4.78 is 11.1. The van der Waals surface area contributed by atoms with Crippen LogP contribution in [-0.4, -0.2) is 9.13 Å². The van der Waals surface area contributed by atoms with E-state index in [9.17, 15) is 0 Å². The van der Waals surface area contributed by atoms with Crippen LogP contribution in [0.4, 0.5) is 0 Å². The zero-order valence-electron chi connectivity index (χ0n) is 21.4. The third-order valence-corrected chi connectivity index (χ3v) is 9.08. The van der Waals surface area contributed by atoms with Crippen LogP contribution in [-0.2, 0) is 0 Å². The van der Waals surface area contributed by atoms with E-state index < -0.39 is 0 Å². The number of benzene rings is 6. The van der Waals surface area contributed by atoms with E-state index >= 15 is 0 Å². The molecule has 0 amide bonds. The number of rotatable bonds is 2. The monoisotopic (exact) mass is 530 g/mol. The van der Waals surface area contributed by atoms with Gasteiger partial charge in [0.25, 0.3) is 0 Å². The first-order chi connectivity index (χ1) is 19.8. The minimum absolute atomic E-state index is 0.897. The fraction of sp³-hybridized carbons (Fsp3) is 0. The Balaban J connectivity index is 1.27. The first-order valence-corrected chi connectivity index (χ1v) is 14.3. The standard InChI is InChI=1S/C36H22N2OS/c1-4-12-29-25(9-1)26-10-2-5-13-30(26)37(29)23-17-19-32-28(21-23)27-11-3-6-14-31(27)38(32)24-18-20-36-34(22-24)39-33-15-7-8-16-35(33)40-36/h1-22H. The molecule has 0 N–H and O–H groups in total. The smallest absolute Gasteiger partial charge is 0.143 e. The highest BCUT2D eigenvalue weighted by atomic mass is 32.2. The lowest BCUT2D eigenvalue weighted by Crippen LogP contribution is -1.99. The van der Waals surface area contributed by atoms with E-state index in [1.165, 1.54) is 43.6 Å². The van der Waals surface area contributed by atoms with Crippen molar-refractivity contribution in [2.75, 3.05) is 0 Å². The molecule has 3 nitrogen and oxygen atoms in total. The zero-order chi connectivity index (χ0) is 26.2. The fourth-order valence-corrected chi connectivity index (χ4v) is 7.17. The van der Waals surface area contributed by atoms with Crippen LogP contribution in [0, 0.1) is 0 Å². The number of hydrogen-bond acceptors (Lipinski definition) is 2. The second kappa shape index (κ2) is 8.28. The van der Waals surface area contributed by atoms with E-state index in [1.54, 1.807) is 11.8 Å². The van der Waals surface area contributed by atoms with Crippen molar-refractivity contribution in [2.24, 2.45) is 0 Å². The molecule has 3 heterocycles. The Hall–Kier alpha value is -4.93. The van der Waals surface area contributed by atoms with Crippen molar-refractivity contribution < 1.29 is 4.74 Å². The molecular weight excluding hydrogens is 508 g/mol. The first kappa shape index (κ1) is 21.9. The molecule has 0 bridgehead atoms. The van der Waals surface area contributed by atoms with Gasteiger partial charge in [-0.05, 0) is 60.7 Å². The van der Waals surface area contributed by atoms with Crippen molar-refractivity contribution in [3.05, 3.63) is 133 Å². The molecule has 4 heteroatoms. The maximum atomic E-state index is 6.35. The normalized spacial score (nSPS) is 12.6. The van der Waals surface area contributed by atoms with Gasteiger partial charge in [-0.3, -0.25) is 0 Å². The van der Waals surface area contributed by atoms with Gasteiger partial charge in [0.15, 0.2) is 0 Å². The molecule has 0 saturated carbocycles. The number of hydrogen-bond donors (Lipinski definition) is 0. The molecule has 0 fully saturated rings. The predicted molar refractivity (Wildman–Crippen MR) is 166 cm³/mol. The summed E-state index contributed by atoms with van der Waals surface area (Å²) in [6.07, 6.45) is 0. The number of fused-ring (bicyclic) bond motifs is 8. The Kier molecular flexibility index (Phi) is 4.54. The molecule has 8 aromatic rings. The summed E-state index contributed by atoms with van der Waals surface area (Å²) in [5.74, 6) is 1.81. The lowest BCUT2D eigenvalue weighted by atomic mass is 10.1. The van der Waals surface area contributed by atoms with E-state index in [-0.39, 0.29) is 0 Å². The number of ether oxygens (including phenoxy) is 1. The number of nitrogens with zero attached hydrogens (tertiary/aromatic N) is 2. The minimum atomic E-state index is 0.897. The molecular formula is C36H22N2OS. The lowest BCUT2D eigenvalue weighted by Gasteiger charge is -2.20. The summed E-state index contributed by atoms with van der Waals surface area (Å²) in [7, 11) is 0. The predicted octanol–water partition coefficient (Wildman–Crippen LogP) is 10.1. The van der Waals surface area contributed by atoms with Crippen LogP contribution < -0.4 is 4.74 Å². The summed E-state index contributed by atoms with van der Waals surface area (Å²) in [6, 6.07) is 47.7. The van der Waals surface area contributed by atoms with E-state index in [0.717, 1.165) is 32.7 Å². The van der Waals surface area contributed by atoms with Crippen LogP contribution in [0.1, 0.15) is 0 Å². The Labute approximate surface area is 234 Å². The van der Waals surface area contributed by atoms with Crippen LogP contribution in [0.2, 0.25) is 0 Å². The third-order valence-electron chi connectivity index (χ3n) is 7.97. The second-order valence-electron chi connectivity index (χ2n) is 10.2. The van der Waals surface area contributed by atoms with Gasteiger partial charge < -0.3 is 13.9 Å². The molecule has 6 aromatic carbocycles. The number of para-hydroxylation sites is 4. The maximum absolute atomic E-state index is 6.35. The molecule has 0 unspecified atom stereocenters. The van der Waals surface area contributed by atoms with Crippen LogP contribution >= 0.6 is 11.8 Å². The lowest BCUT2D eigenvalue weighted by molar-refractivity contribution is 0.454. The summed E-state index contributed by atoms with van der Waals surface area (Å²) in [5.41, 5.74) is 7.05. The molecule has 0 spiro atoms. The minimum Gasteiger partial charge on any atom is -0.455 e. The topological polar surface area (TPSA) is 19.1 Å². The highest BCUT2D eigenvalue weighted by molar-refractivity contribution is 7.99. The van der Waals surface area contributed by atoms with Crippen LogP contribution in [0.25, 0.3) is 55.0 Å². The summed E-state index contributed by atoms with van der Waals surface area (Å²) >= 11 is 1.76. The van der Waals surface area contributed by atoms with E-state index in [4.69, 9.17) is 4.74 Å². The van der Waals surface area contributed by atoms with Crippen molar-refractivity contribution in [1.82, 2.24) is 9.13 Å². The highest BCUT2D eigenvalue weighted by Gasteiger charge is 2.20. The Morgan fingerprint density at radius 2 is 0.900 bits per heavy atom. The molecule has 40 heavy (non-hydrogen) atoms. The molecule has 2 aromatic heterocycles. The Morgan fingerprint density at radius 3 is 1.60 bits per heavy atom. The molecule has 0 saturated heterocycles. The van der Waals surface area contributed by atoms with Gasteiger partial charge in [-0.15, -0.1) is 0 Å². The van der Waals surface area contributed by atoms with Gasteiger partial charge in [0.2, 0.25) is 0 Å². The average Bonchev–Trinajstić information content (AvgIpc) is 3.52. The molecule has 0 atom stereocenters.